The van der Waals surface area contributed by atoms with Crippen LogP contribution in [0.3, 0.4) is 0 Å². The van der Waals surface area contributed by atoms with Crippen LogP contribution in [0.1, 0.15) is 65.0 Å². The van der Waals surface area contributed by atoms with Crippen LogP contribution in [-0.4, -0.2) is 53.6 Å². The zero-order valence-corrected chi connectivity index (χ0v) is 20.6. The molecule has 1 aliphatic carbocycles. The highest BCUT2D eigenvalue weighted by Crippen LogP contribution is 2.47. The molecule has 0 radical (unpaired) electrons. The quantitative estimate of drug-likeness (QED) is 0.632. The fourth-order valence-corrected chi connectivity index (χ4v) is 5.29. The first-order valence-electron chi connectivity index (χ1n) is 11.9. The van der Waals surface area contributed by atoms with Crippen molar-refractivity contribution in [2.75, 3.05) is 13.7 Å². The van der Waals surface area contributed by atoms with Crippen molar-refractivity contribution in [2.24, 2.45) is 22.6 Å². The molecule has 2 aliphatic heterocycles. The number of methoxy groups -OCH3 is 1. The fraction of sp³-hybridized carbons (Fsp3) is 0.640. The van der Waals surface area contributed by atoms with Gasteiger partial charge < -0.3 is 20.5 Å². The van der Waals surface area contributed by atoms with E-state index in [-0.39, 0.29) is 53.9 Å². The van der Waals surface area contributed by atoms with E-state index in [2.05, 4.69) is 10.3 Å². The molecule has 186 valence electrons. The smallest absolute Gasteiger partial charge is 0.231 e. The van der Waals surface area contributed by atoms with Crippen LogP contribution in [-0.2, 0) is 14.3 Å². The SMILES string of the molecule is COCC[C@H]([C@H]1C[C@@H]1C(=O)NC1CC(C)(C)Oc2c(F)cccc21)N1C(=O)CC(C)(C)N=C1N. The number of halogens is 1. The van der Waals surface area contributed by atoms with E-state index in [0.717, 1.165) is 0 Å². The molecular weight excluding hydrogens is 439 g/mol. The summed E-state index contributed by atoms with van der Waals surface area (Å²) >= 11 is 0. The van der Waals surface area contributed by atoms with Gasteiger partial charge in [-0.3, -0.25) is 14.5 Å². The second kappa shape index (κ2) is 8.83. The summed E-state index contributed by atoms with van der Waals surface area (Å²) in [6.45, 7) is 7.96. The fourth-order valence-electron chi connectivity index (χ4n) is 5.29. The van der Waals surface area contributed by atoms with Crippen molar-refractivity contribution in [1.82, 2.24) is 10.2 Å². The molecule has 4 atom stereocenters. The molecule has 34 heavy (non-hydrogen) atoms. The van der Waals surface area contributed by atoms with Crippen LogP contribution in [0.15, 0.2) is 23.2 Å². The number of guanidine groups is 1. The zero-order chi connectivity index (χ0) is 24.8. The normalized spacial score (nSPS) is 27.8. The summed E-state index contributed by atoms with van der Waals surface area (Å²) in [5, 5.41) is 3.12. The van der Waals surface area contributed by atoms with E-state index >= 15 is 0 Å². The van der Waals surface area contributed by atoms with Gasteiger partial charge in [0.2, 0.25) is 11.8 Å². The lowest BCUT2D eigenvalue weighted by molar-refractivity contribution is -0.132. The number of aliphatic imine (C=N–C) groups is 1. The Kier molecular flexibility index (Phi) is 6.35. The largest absolute Gasteiger partial charge is 0.484 e. The van der Waals surface area contributed by atoms with E-state index < -0.39 is 17.0 Å². The highest BCUT2D eigenvalue weighted by Gasteiger charge is 2.52. The van der Waals surface area contributed by atoms with Crippen molar-refractivity contribution in [3.63, 3.8) is 0 Å². The van der Waals surface area contributed by atoms with Crippen molar-refractivity contribution < 1.29 is 23.5 Å². The van der Waals surface area contributed by atoms with Crippen molar-refractivity contribution in [3.05, 3.63) is 29.6 Å². The molecule has 0 bridgehead atoms. The molecule has 0 saturated heterocycles. The molecule has 3 N–H and O–H groups in total. The van der Waals surface area contributed by atoms with E-state index in [0.29, 0.717) is 31.4 Å². The van der Waals surface area contributed by atoms with Crippen LogP contribution in [0.2, 0.25) is 0 Å². The molecule has 1 fully saturated rings. The minimum absolute atomic E-state index is 0.0473. The molecule has 9 heteroatoms. The van der Waals surface area contributed by atoms with Gasteiger partial charge >= 0.3 is 0 Å². The highest BCUT2D eigenvalue weighted by atomic mass is 19.1. The number of hydrogen-bond acceptors (Lipinski definition) is 6. The lowest BCUT2D eigenvalue weighted by Gasteiger charge is -2.38. The predicted octanol–water partition coefficient (Wildman–Crippen LogP) is 2.91. The molecule has 8 nitrogen and oxygen atoms in total. The maximum Gasteiger partial charge on any atom is 0.231 e. The van der Waals surface area contributed by atoms with Gasteiger partial charge in [0.1, 0.15) is 5.60 Å². The van der Waals surface area contributed by atoms with Crippen LogP contribution in [0.25, 0.3) is 0 Å². The molecule has 1 aromatic carbocycles. The molecule has 2 heterocycles. The Hall–Kier alpha value is -2.68. The van der Waals surface area contributed by atoms with Gasteiger partial charge in [-0.25, -0.2) is 9.38 Å². The number of hydrogen-bond donors (Lipinski definition) is 2. The number of nitrogens with zero attached hydrogens (tertiary/aromatic N) is 2. The first-order chi connectivity index (χ1) is 15.9. The molecular formula is C25H35FN4O4. The van der Waals surface area contributed by atoms with E-state index in [1.807, 2.05) is 27.7 Å². The van der Waals surface area contributed by atoms with Gasteiger partial charge in [-0.15, -0.1) is 0 Å². The van der Waals surface area contributed by atoms with Crippen LogP contribution >= 0.6 is 0 Å². The van der Waals surface area contributed by atoms with Gasteiger partial charge in [0.15, 0.2) is 17.5 Å². The van der Waals surface area contributed by atoms with Gasteiger partial charge in [-0.2, -0.15) is 0 Å². The van der Waals surface area contributed by atoms with E-state index in [1.54, 1.807) is 24.1 Å². The maximum absolute atomic E-state index is 14.4. The minimum Gasteiger partial charge on any atom is -0.484 e. The van der Waals surface area contributed by atoms with Gasteiger partial charge in [-0.05, 0) is 52.5 Å². The number of nitrogens with one attached hydrogen (secondary N) is 1. The zero-order valence-electron chi connectivity index (χ0n) is 20.6. The number of benzene rings is 1. The molecule has 4 rings (SSSR count). The van der Waals surface area contributed by atoms with Gasteiger partial charge in [0.05, 0.1) is 18.0 Å². The van der Waals surface area contributed by atoms with Crippen LogP contribution in [0.5, 0.6) is 5.75 Å². The number of ether oxygens (including phenoxy) is 2. The lowest BCUT2D eigenvalue weighted by Crippen LogP contribution is -2.55. The number of nitrogens with two attached hydrogens (primary N) is 1. The summed E-state index contributed by atoms with van der Waals surface area (Å²) < 4.78 is 25.5. The molecule has 1 aromatic rings. The van der Waals surface area contributed by atoms with Crippen molar-refractivity contribution >= 4 is 17.8 Å². The molecule has 0 spiro atoms. The van der Waals surface area contributed by atoms with Gasteiger partial charge in [0, 0.05) is 37.7 Å². The molecule has 1 saturated carbocycles. The van der Waals surface area contributed by atoms with Crippen LogP contribution < -0.4 is 15.8 Å². The average molecular weight is 475 g/mol. The Labute approximate surface area is 200 Å². The Morgan fingerprint density at radius 1 is 1.38 bits per heavy atom. The third kappa shape index (κ3) is 4.89. The third-order valence-electron chi connectivity index (χ3n) is 6.90. The van der Waals surface area contributed by atoms with Crippen molar-refractivity contribution in [2.45, 2.75) is 76.6 Å². The summed E-state index contributed by atoms with van der Waals surface area (Å²) in [6, 6.07) is 4.15. The summed E-state index contributed by atoms with van der Waals surface area (Å²) in [4.78, 5) is 32.3. The Balaban J connectivity index is 1.51. The second-order valence-electron chi connectivity index (χ2n) is 10.9. The van der Waals surface area contributed by atoms with E-state index in [9.17, 15) is 14.0 Å². The van der Waals surface area contributed by atoms with Crippen molar-refractivity contribution in [3.8, 4) is 5.75 Å². The monoisotopic (exact) mass is 474 g/mol. The van der Waals surface area contributed by atoms with Crippen LogP contribution in [0.4, 0.5) is 4.39 Å². The Bertz CT molecular complexity index is 1010. The maximum atomic E-state index is 14.4. The first kappa shape index (κ1) is 24.4. The lowest BCUT2D eigenvalue weighted by atomic mass is 9.89. The summed E-state index contributed by atoms with van der Waals surface area (Å²) in [6.07, 6.45) is 1.99. The standard InChI is InChI=1S/C25H35FN4O4/c1-24(2)13-20(31)30(23(27)29-24)19(9-10-33-5)15-11-16(15)22(32)28-18-12-25(3,4)34-21-14(18)7-6-8-17(21)26/h6-8,15-16,18-19H,9-13H2,1-5H3,(H2,27,29)(H,28,32)/t15-,16-,18?,19+/m0/s1. The Morgan fingerprint density at radius 2 is 2.12 bits per heavy atom. The second-order valence-corrected chi connectivity index (χ2v) is 10.9. The van der Waals surface area contributed by atoms with Crippen LogP contribution in [0, 0.1) is 17.7 Å². The number of carbonyl (C=O) groups is 2. The van der Waals surface area contributed by atoms with Gasteiger partial charge in [0.25, 0.3) is 0 Å². The number of amides is 2. The number of carbonyl (C=O) groups excluding carboxylic acids is 2. The third-order valence-corrected chi connectivity index (χ3v) is 6.90. The topological polar surface area (TPSA) is 106 Å². The summed E-state index contributed by atoms with van der Waals surface area (Å²) in [5.74, 6) is -0.543. The first-order valence-corrected chi connectivity index (χ1v) is 11.9. The number of para-hydroxylation sites is 1. The minimum atomic E-state index is -0.616. The summed E-state index contributed by atoms with van der Waals surface area (Å²) in [7, 11) is 1.61. The molecule has 2 amide bonds. The molecule has 0 aromatic heterocycles. The molecule has 1 unspecified atom stereocenters. The van der Waals surface area contributed by atoms with E-state index in [1.165, 1.54) is 6.07 Å². The number of rotatable bonds is 7. The Morgan fingerprint density at radius 3 is 2.79 bits per heavy atom. The molecule has 3 aliphatic rings. The predicted molar refractivity (Wildman–Crippen MR) is 126 cm³/mol. The van der Waals surface area contributed by atoms with Crippen molar-refractivity contribution in [1.29, 1.82) is 0 Å². The van der Waals surface area contributed by atoms with Gasteiger partial charge in [-0.1, -0.05) is 12.1 Å². The average Bonchev–Trinajstić information content (AvgIpc) is 3.50. The van der Waals surface area contributed by atoms with E-state index in [4.69, 9.17) is 15.2 Å². The summed E-state index contributed by atoms with van der Waals surface area (Å²) in [5.41, 5.74) is 5.70. The number of fused-ring (bicyclic) bond motifs is 1. The highest BCUT2D eigenvalue weighted by molar-refractivity contribution is 5.99.